The van der Waals surface area contributed by atoms with Gasteiger partial charge >= 0.3 is 5.97 Å². The number of carbonyl (C=O) groups is 2. The summed E-state index contributed by atoms with van der Waals surface area (Å²) in [5.74, 6) is -1.28. The molecule has 1 aromatic heterocycles. The number of carboxylic acids is 1. The summed E-state index contributed by atoms with van der Waals surface area (Å²) in [6, 6.07) is 15.3. The average Bonchev–Trinajstić information content (AvgIpc) is 3.14. The van der Waals surface area contributed by atoms with Gasteiger partial charge in [-0.25, -0.2) is 9.48 Å². The van der Waals surface area contributed by atoms with Crippen LogP contribution in [0.25, 0.3) is 5.69 Å². The van der Waals surface area contributed by atoms with Crippen molar-refractivity contribution in [3.8, 4) is 5.69 Å². The van der Waals surface area contributed by atoms with Gasteiger partial charge in [0.25, 0.3) is 5.91 Å². The van der Waals surface area contributed by atoms with Gasteiger partial charge in [-0.15, -0.1) is 0 Å². The van der Waals surface area contributed by atoms with Crippen LogP contribution >= 0.6 is 0 Å². The smallest absolute Gasteiger partial charge is 0.335 e. The Labute approximate surface area is 138 Å². The van der Waals surface area contributed by atoms with Crippen molar-refractivity contribution in [2.24, 2.45) is 0 Å². The highest BCUT2D eigenvalue weighted by atomic mass is 16.4. The molecule has 24 heavy (non-hydrogen) atoms. The van der Waals surface area contributed by atoms with Gasteiger partial charge in [0.1, 0.15) is 0 Å². The van der Waals surface area contributed by atoms with Gasteiger partial charge in [-0.1, -0.05) is 18.2 Å². The van der Waals surface area contributed by atoms with Crippen LogP contribution in [-0.4, -0.2) is 26.8 Å². The Balaban J connectivity index is 1.72. The first-order chi connectivity index (χ1) is 11.6. The summed E-state index contributed by atoms with van der Waals surface area (Å²) in [5, 5.41) is 15.9. The Kier molecular flexibility index (Phi) is 4.38. The summed E-state index contributed by atoms with van der Waals surface area (Å²) < 4.78 is 1.74. The van der Waals surface area contributed by atoms with Crippen LogP contribution in [0, 0.1) is 0 Å². The Hall–Kier alpha value is -3.41. The maximum atomic E-state index is 12.2. The number of amides is 1. The zero-order valence-electron chi connectivity index (χ0n) is 12.7. The summed E-state index contributed by atoms with van der Waals surface area (Å²) in [7, 11) is 0. The third-order valence-corrected chi connectivity index (χ3v) is 3.58. The van der Waals surface area contributed by atoms with Gasteiger partial charge in [-0.05, 0) is 42.0 Å². The Morgan fingerprint density at radius 2 is 1.71 bits per heavy atom. The molecule has 6 heteroatoms. The van der Waals surface area contributed by atoms with E-state index in [0.717, 1.165) is 11.3 Å². The van der Waals surface area contributed by atoms with Gasteiger partial charge in [0.15, 0.2) is 0 Å². The first kappa shape index (κ1) is 15.5. The quantitative estimate of drug-likeness (QED) is 0.756. The van der Waals surface area contributed by atoms with Crippen molar-refractivity contribution in [3.05, 3.63) is 83.7 Å². The molecule has 0 unspecified atom stereocenters. The second kappa shape index (κ2) is 6.78. The van der Waals surface area contributed by atoms with Crippen molar-refractivity contribution in [1.82, 2.24) is 15.1 Å². The van der Waals surface area contributed by atoms with Crippen molar-refractivity contribution in [2.45, 2.75) is 6.54 Å². The molecule has 3 aromatic rings. The zero-order chi connectivity index (χ0) is 16.9. The van der Waals surface area contributed by atoms with Crippen LogP contribution in [0.4, 0.5) is 0 Å². The lowest BCUT2D eigenvalue weighted by Crippen LogP contribution is -2.23. The minimum atomic E-state index is -1.02. The summed E-state index contributed by atoms with van der Waals surface area (Å²) >= 11 is 0. The predicted octanol–water partition coefficient (Wildman–Crippen LogP) is 2.50. The van der Waals surface area contributed by atoms with Crippen molar-refractivity contribution >= 4 is 11.9 Å². The molecule has 6 nitrogen and oxygen atoms in total. The van der Waals surface area contributed by atoms with Crippen molar-refractivity contribution in [3.63, 3.8) is 0 Å². The summed E-state index contributed by atoms with van der Waals surface area (Å²) in [6.07, 6.45) is 3.53. The number of nitrogens with one attached hydrogen (secondary N) is 1. The summed E-state index contributed by atoms with van der Waals surface area (Å²) in [4.78, 5) is 23.0. The lowest BCUT2D eigenvalue weighted by molar-refractivity contribution is 0.0696. The molecule has 120 valence electrons. The molecule has 1 amide bonds. The van der Waals surface area contributed by atoms with Gasteiger partial charge in [0.2, 0.25) is 0 Å². The lowest BCUT2D eigenvalue weighted by atomic mass is 10.1. The van der Waals surface area contributed by atoms with Crippen LogP contribution in [0.2, 0.25) is 0 Å². The van der Waals surface area contributed by atoms with Crippen LogP contribution in [0.3, 0.4) is 0 Å². The van der Waals surface area contributed by atoms with Crippen LogP contribution in [-0.2, 0) is 6.54 Å². The number of carboxylic acid groups (broad SMARTS) is 1. The molecular weight excluding hydrogens is 306 g/mol. The minimum Gasteiger partial charge on any atom is -0.478 e. The van der Waals surface area contributed by atoms with E-state index in [2.05, 4.69) is 10.4 Å². The first-order valence-electron chi connectivity index (χ1n) is 7.34. The molecule has 0 radical (unpaired) electrons. The minimum absolute atomic E-state index is 0.149. The topological polar surface area (TPSA) is 84.2 Å². The fourth-order valence-corrected chi connectivity index (χ4v) is 2.34. The molecule has 0 fully saturated rings. The number of aromatic carboxylic acids is 1. The fourth-order valence-electron chi connectivity index (χ4n) is 2.34. The van der Waals surface area contributed by atoms with E-state index in [1.807, 2.05) is 36.5 Å². The Morgan fingerprint density at radius 1 is 1.00 bits per heavy atom. The van der Waals surface area contributed by atoms with Crippen LogP contribution in [0.15, 0.2) is 67.0 Å². The number of hydrogen-bond donors (Lipinski definition) is 2. The van der Waals surface area contributed by atoms with E-state index in [4.69, 9.17) is 5.11 Å². The van der Waals surface area contributed by atoms with E-state index in [-0.39, 0.29) is 11.5 Å². The van der Waals surface area contributed by atoms with Gasteiger partial charge < -0.3 is 10.4 Å². The van der Waals surface area contributed by atoms with Crippen molar-refractivity contribution in [1.29, 1.82) is 0 Å². The molecule has 0 saturated carbocycles. The molecule has 0 atom stereocenters. The number of aromatic nitrogens is 2. The monoisotopic (exact) mass is 321 g/mol. The highest BCUT2D eigenvalue weighted by molar-refractivity contribution is 5.95. The van der Waals surface area contributed by atoms with Crippen LogP contribution < -0.4 is 5.32 Å². The molecule has 1 heterocycles. The molecule has 0 saturated heterocycles. The third-order valence-electron chi connectivity index (χ3n) is 3.58. The largest absolute Gasteiger partial charge is 0.478 e. The number of hydrogen-bond acceptors (Lipinski definition) is 3. The number of carbonyl (C=O) groups excluding carboxylic acids is 1. The number of nitrogens with zero attached hydrogens (tertiary/aromatic N) is 2. The van der Waals surface area contributed by atoms with Gasteiger partial charge in [0.05, 0.1) is 11.3 Å². The van der Waals surface area contributed by atoms with Gasteiger partial charge in [-0.3, -0.25) is 4.79 Å². The highest BCUT2D eigenvalue weighted by Crippen LogP contribution is 2.13. The molecule has 2 aromatic carbocycles. The van der Waals surface area contributed by atoms with Gasteiger partial charge in [0, 0.05) is 24.5 Å². The molecular formula is C18H15N3O3. The molecule has 0 aliphatic rings. The highest BCUT2D eigenvalue weighted by Gasteiger charge is 2.09. The maximum Gasteiger partial charge on any atom is 0.335 e. The zero-order valence-corrected chi connectivity index (χ0v) is 12.7. The fraction of sp³-hybridized carbons (Fsp3) is 0.0556. The molecule has 0 spiro atoms. The van der Waals surface area contributed by atoms with Crippen LogP contribution in [0.5, 0.6) is 0 Å². The molecule has 3 rings (SSSR count). The standard InChI is InChI=1S/C18H15N3O3/c22-17(13-6-8-14(9-7-13)18(23)24)19-12-15-4-1-2-5-16(15)21-11-3-10-20-21/h1-11H,12H2,(H,19,22)(H,23,24). The molecule has 0 bridgehead atoms. The summed E-state index contributed by atoms with van der Waals surface area (Å²) in [6.45, 7) is 0.343. The van der Waals surface area contributed by atoms with E-state index in [9.17, 15) is 9.59 Å². The number of benzene rings is 2. The van der Waals surface area contributed by atoms with E-state index in [0.29, 0.717) is 12.1 Å². The predicted molar refractivity (Wildman–Crippen MR) is 88.1 cm³/mol. The van der Waals surface area contributed by atoms with E-state index >= 15 is 0 Å². The Bertz CT molecular complexity index is 855. The third kappa shape index (κ3) is 3.33. The second-order valence-electron chi connectivity index (χ2n) is 5.14. The summed E-state index contributed by atoms with van der Waals surface area (Å²) in [5.41, 5.74) is 2.38. The SMILES string of the molecule is O=C(O)c1ccc(C(=O)NCc2ccccc2-n2cccn2)cc1. The van der Waals surface area contributed by atoms with Crippen LogP contribution in [0.1, 0.15) is 26.3 Å². The normalized spacial score (nSPS) is 10.3. The average molecular weight is 321 g/mol. The van der Waals surface area contributed by atoms with Crippen molar-refractivity contribution in [2.75, 3.05) is 0 Å². The van der Waals surface area contributed by atoms with E-state index in [1.54, 1.807) is 10.9 Å². The van der Waals surface area contributed by atoms with Crippen molar-refractivity contribution < 1.29 is 14.7 Å². The maximum absolute atomic E-state index is 12.2. The lowest BCUT2D eigenvalue weighted by Gasteiger charge is -2.11. The molecule has 2 N–H and O–H groups in total. The first-order valence-corrected chi connectivity index (χ1v) is 7.34. The van der Waals surface area contributed by atoms with E-state index in [1.165, 1.54) is 24.3 Å². The number of para-hydroxylation sites is 1. The molecule has 0 aliphatic heterocycles. The second-order valence-corrected chi connectivity index (χ2v) is 5.14. The number of rotatable bonds is 5. The molecule has 0 aliphatic carbocycles. The van der Waals surface area contributed by atoms with Gasteiger partial charge in [-0.2, -0.15) is 5.10 Å². The van der Waals surface area contributed by atoms with E-state index < -0.39 is 5.97 Å². The Morgan fingerprint density at radius 3 is 2.38 bits per heavy atom.